The molecule has 0 spiro atoms. The Hall–Kier alpha value is -4.77. The molecule has 40 heavy (non-hydrogen) atoms. The summed E-state index contributed by atoms with van der Waals surface area (Å²) in [5.74, 6) is 0.189. The van der Waals surface area contributed by atoms with Crippen molar-refractivity contribution in [2.75, 3.05) is 0 Å². The smallest absolute Gasteiger partial charge is 0.261 e. The number of imide groups is 1. The van der Waals surface area contributed by atoms with Gasteiger partial charge in [-0.25, -0.2) is 4.98 Å². The summed E-state index contributed by atoms with van der Waals surface area (Å²) in [5.41, 5.74) is 5.69. The summed E-state index contributed by atoms with van der Waals surface area (Å²) in [6.45, 7) is 0.105. The molecule has 4 aromatic carbocycles. The first-order chi connectivity index (χ1) is 19.7. The number of nitrogens with zero attached hydrogens (tertiary/aromatic N) is 3. The largest absolute Gasteiger partial charge is 0.312 e. The van der Waals surface area contributed by atoms with Crippen LogP contribution in [0.1, 0.15) is 67.5 Å². The molecule has 0 fully saturated rings. The molecule has 1 aliphatic heterocycles. The molecular formula is C35H29N3O2. The molecular weight excluding hydrogens is 494 g/mol. The van der Waals surface area contributed by atoms with E-state index in [0.717, 1.165) is 53.9 Å². The van der Waals surface area contributed by atoms with Crippen molar-refractivity contribution >= 4 is 11.8 Å². The molecule has 2 aliphatic rings. The Morgan fingerprint density at radius 2 is 1.05 bits per heavy atom. The van der Waals surface area contributed by atoms with E-state index in [1.54, 1.807) is 24.3 Å². The van der Waals surface area contributed by atoms with Crippen molar-refractivity contribution in [3.63, 3.8) is 0 Å². The predicted molar refractivity (Wildman–Crippen MR) is 154 cm³/mol. The third kappa shape index (κ3) is 3.65. The Bertz CT molecular complexity index is 1580. The first-order valence-corrected chi connectivity index (χ1v) is 13.9. The lowest BCUT2D eigenvalue weighted by Crippen LogP contribution is -2.42. The zero-order chi connectivity index (χ0) is 27.1. The Balaban J connectivity index is 1.52. The van der Waals surface area contributed by atoms with Crippen molar-refractivity contribution in [1.82, 2.24) is 14.5 Å². The standard InChI is InChI=1S/C35H29N3O2/c39-33-28-20-10-11-21-29(28)34(40)37(33)24-32-36-30-22-12-13-23-31(30)38(32)35(25-14-4-1-5-15-25,26-16-6-2-7-17-26)27-18-8-3-9-19-27/h1-11,14-21H,12-13,22-24H2. The van der Waals surface area contributed by atoms with Crippen molar-refractivity contribution in [3.8, 4) is 0 Å². The summed E-state index contributed by atoms with van der Waals surface area (Å²) in [7, 11) is 0. The molecule has 0 atom stereocenters. The number of benzene rings is 4. The van der Waals surface area contributed by atoms with E-state index >= 15 is 0 Å². The summed E-state index contributed by atoms with van der Waals surface area (Å²) in [6.07, 6.45) is 3.91. The molecule has 1 aliphatic carbocycles. The number of hydrogen-bond donors (Lipinski definition) is 0. The number of imidazole rings is 1. The van der Waals surface area contributed by atoms with E-state index in [1.807, 2.05) is 18.2 Å². The molecule has 0 N–H and O–H groups in total. The van der Waals surface area contributed by atoms with Gasteiger partial charge in [0.25, 0.3) is 11.8 Å². The second kappa shape index (κ2) is 9.76. The molecule has 5 aromatic rings. The fourth-order valence-corrected chi connectivity index (χ4v) is 6.55. The maximum atomic E-state index is 13.5. The Kier molecular flexibility index (Phi) is 5.93. The number of aryl methyl sites for hydroxylation is 1. The highest BCUT2D eigenvalue weighted by molar-refractivity contribution is 6.21. The molecule has 5 heteroatoms. The minimum absolute atomic E-state index is 0.105. The minimum Gasteiger partial charge on any atom is -0.312 e. The van der Waals surface area contributed by atoms with Crippen LogP contribution in [0.25, 0.3) is 0 Å². The number of fused-ring (bicyclic) bond motifs is 2. The average molecular weight is 524 g/mol. The van der Waals surface area contributed by atoms with Gasteiger partial charge in [0.15, 0.2) is 0 Å². The van der Waals surface area contributed by atoms with Gasteiger partial charge < -0.3 is 4.57 Å². The van der Waals surface area contributed by atoms with Gasteiger partial charge in [-0.3, -0.25) is 14.5 Å². The van der Waals surface area contributed by atoms with E-state index in [0.29, 0.717) is 11.1 Å². The summed E-state index contributed by atoms with van der Waals surface area (Å²) < 4.78 is 2.35. The van der Waals surface area contributed by atoms with Gasteiger partial charge in [-0.15, -0.1) is 0 Å². The second-order valence-electron chi connectivity index (χ2n) is 10.5. The maximum absolute atomic E-state index is 13.5. The van der Waals surface area contributed by atoms with Crippen LogP contribution in [-0.2, 0) is 24.9 Å². The van der Waals surface area contributed by atoms with Crippen LogP contribution in [-0.4, -0.2) is 26.3 Å². The third-order valence-corrected chi connectivity index (χ3v) is 8.29. The van der Waals surface area contributed by atoms with Gasteiger partial charge in [-0.2, -0.15) is 0 Å². The highest BCUT2D eigenvalue weighted by atomic mass is 16.2. The molecule has 0 radical (unpaired) electrons. The van der Waals surface area contributed by atoms with Gasteiger partial charge in [0, 0.05) is 5.69 Å². The van der Waals surface area contributed by atoms with Gasteiger partial charge >= 0.3 is 0 Å². The fourth-order valence-electron chi connectivity index (χ4n) is 6.55. The maximum Gasteiger partial charge on any atom is 0.261 e. The van der Waals surface area contributed by atoms with Crippen LogP contribution in [0.4, 0.5) is 0 Å². The van der Waals surface area contributed by atoms with E-state index in [1.165, 1.54) is 10.6 Å². The first kappa shape index (κ1) is 24.3. The lowest BCUT2D eigenvalue weighted by molar-refractivity contribution is 0.0635. The zero-order valence-corrected chi connectivity index (χ0v) is 22.2. The quantitative estimate of drug-likeness (QED) is 0.191. The van der Waals surface area contributed by atoms with Crippen LogP contribution in [0.3, 0.4) is 0 Å². The highest BCUT2D eigenvalue weighted by Gasteiger charge is 2.44. The molecule has 0 saturated heterocycles. The lowest BCUT2D eigenvalue weighted by atomic mass is 9.76. The molecule has 0 saturated carbocycles. The molecule has 2 amide bonds. The van der Waals surface area contributed by atoms with Crippen LogP contribution in [0.5, 0.6) is 0 Å². The Morgan fingerprint density at radius 1 is 0.600 bits per heavy atom. The van der Waals surface area contributed by atoms with Crippen molar-refractivity contribution in [2.24, 2.45) is 0 Å². The van der Waals surface area contributed by atoms with Gasteiger partial charge in [0.05, 0.1) is 23.4 Å². The average Bonchev–Trinajstić information content (AvgIpc) is 3.50. The van der Waals surface area contributed by atoms with Gasteiger partial charge in [0.2, 0.25) is 0 Å². The summed E-state index contributed by atoms with van der Waals surface area (Å²) in [4.78, 5) is 33.6. The monoisotopic (exact) mass is 523 g/mol. The summed E-state index contributed by atoms with van der Waals surface area (Å²) in [6, 6.07) is 38.6. The van der Waals surface area contributed by atoms with Crippen molar-refractivity contribution in [1.29, 1.82) is 0 Å². The zero-order valence-electron chi connectivity index (χ0n) is 22.2. The number of carbonyl (C=O) groups is 2. The van der Waals surface area contributed by atoms with E-state index in [9.17, 15) is 9.59 Å². The Labute approximate surface area is 233 Å². The number of aromatic nitrogens is 2. The topological polar surface area (TPSA) is 55.2 Å². The lowest BCUT2D eigenvalue weighted by Gasteiger charge is -2.40. The minimum atomic E-state index is -0.754. The van der Waals surface area contributed by atoms with Crippen LogP contribution >= 0.6 is 0 Å². The Morgan fingerprint density at radius 3 is 1.55 bits per heavy atom. The van der Waals surface area contributed by atoms with Crippen LogP contribution in [0.15, 0.2) is 115 Å². The van der Waals surface area contributed by atoms with Crippen LogP contribution in [0.2, 0.25) is 0 Å². The molecule has 7 rings (SSSR count). The molecule has 5 nitrogen and oxygen atoms in total. The summed E-state index contributed by atoms with van der Waals surface area (Å²) >= 11 is 0. The molecule has 0 bridgehead atoms. The second-order valence-corrected chi connectivity index (χ2v) is 10.5. The van der Waals surface area contributed by atoms with Gasteiger partial charge in [0.1, 0.15) is 11.4 Å². The van der Waals surface area contributed by atoms with E-state index < -0.39 is 5.54 Å². The van der Waals surface area contributed by atoms with Crippen molar-refractivity contribution in [3.05, 3.63) is 160 Å². The first-order valence-electron chi connectivity index (χ1n) is 13.9. The fraction of sp³-hybridized carbons (Fsp3) is 0.171. The number of amides is 2. The molecule has 196 valence electrons. The SMILES string of the molecule is O=C1c2ccccc2C(=O)N1Cc1nc2c(n1C(c1ccccc1)(c1ccccc1)c1ccccc1)CCCC2. The highest BCUT2D eigenvalue weighted by Crippen LogP contribution is 2.44. The van der Waals surface area contributed by atoms with Crippen LogP contribution < -0.4 is 0 Å². The predicted octanol–water partition coefficient (Wildman–Crippen LogP) is 6.40. The third-order valence-electron chi connectivity index (χ3n) is 8.29. The van der Waals surface area contributed by atoms with Crippen molar-refractivity contribution < 1.29 is 9.59 Å². The normalized spacial score (nSPS) is 14.8. The summed E-state index contributed by atoms with van der Waals surface area (Å²) in [5, 5.41) is 0. The molecule has 2 heterocycles. The number of carbonyl (C=O) groups excluding carboxylic acids is 2. The number of rotatable bonds is 6. The van der Waals surface area contributed by atoms with E-state index in [4.69, 9.17) is 4.98 Å². The van der Waals surface area contributed by atoms with E-state index in [2.05, 4.69) is 77.4 Å². The number of hydrogen-bond acceptors (Lipinski definition) is 3. The molecule has 1 aromatic heterocycles. The van der Waals surface area contributed by atoms with Gasteiger partial charge in [-0.1, -0.05) is 103 Å². The van der Waals surface area contributed by atoms with E-state index in [-0.39, 0.29) is 18.4 Å². The van der Waals surface area contributed by atoms with Gasteiger partial charge in [-0.05, 0) is 54.5 Å². The molecule has 0 unspecified atom stereocenters. The van der Waals surface area contributed by atoms with Crippen LogP contribution in [0, 0.1) is 0 Å². The van der Waals surface area contributed by atoms with Crippen molar-refractivity contribution in [2.45, 2.75) is 37.8 Å².